The molecule has 4 nitrogen and oxygen atoms in total. The minimum atomic E-state index is -3.11. The Labute approximate surface area is 139 Å². The normalized spacial score (nSPS) is 17.5. The molecule has 1 aromatic carbocycles. The average molecular weight is 353 g/mol. The molecule has 130 valence electrons. The summed E-state index contributed by atoms with van der Waals surface area (Å²) >= 11 is 0. The van der Waals surface area contributed by atoms with Gasteiger partial charge in [-0.15, -0.1) is 12.4 Å². The van der Waals surface area contributed by atoms with Crippen molar-refractivity contribution in [1.29, 1.82) is 0 Å². The van der Waals surface area contributed by atoms with Crippen molar-refractivity contribution in [2.24, 2.45) is 5.92 Å². The van der Waals surface area contributed by atoms with Crippen LogP contribution in [0, 0.1) is 11.7 Å². The maximum atomic E-state index is 13.1. The molecular weight excluding hydrogens is 333 g/mol. The topological polar surface area (TPSA) is 50.4 Å². The molecule has 0 aliphatic carbocycles. The molecule has 0 radical (unpaired) electrons. The van der Waals surface area contributed by atoms with Gasteiger partial charge in [-0.2, -0.15) is 8.78 Å². The highest BCUT2D eigenvalue weighted by Crippen LogP contribution is 2.22. The molecule has 1 aromatic rings. The molecule has 2 rings (SSSR count). The van der Waals surface area contributed by atoms with Crippen LogP contribution in [0.25, 0.3) is 0 Å². The van der Waals surface area contributed by atoms with Crippen LogP contribution >= 0.6 is 12.4 Å². The van der Waals surface area contributed by atoms with Gasteiger partial charge in [0.1, 0.15) is 11.6 Å². The van der Waals surface area contributed by atoms with Crippen LogP contribution in [0.4, 0.5) is 13.2 Å². The molecule has 1 fully saturated rings. The Balaban J connectivity index is 0.00000264. The van der Waals surface area contributed by atoms with Crippen molar-refractivity contribution in [3.63, 3.8) is 0 Å². The number of alkyl halides is 2. The molecule has 0 spiro atoms. The Kier molecular flexibility index (Phi) is 8.19. The summed E-state index contributed by atoms with van der Waals surface area (Å²) in [6.45, 7) is -0.725. The van der Waals surface area contributed by atoms with Gasteiger partial charge < -0.3 is 15.4 Å². The fraction of sp³-hybridized carbons (Fsp3) is 0.533. The minimum absolute atomic E-state index is 0. The Morgan fingerprint density at radius 2 is 2.22 bits per heavy atom. The van der Waals surface area contributed by atoms with Crippen molar-refractivity contribution < 1.29 is 22.7 Å². The summed E-state index contributed by atoms with van der Waals surface area (Å²) in [6, 6.07) is 2.97. The molecule has 1 aliphatic heterocycles. The molecule has 0 saturated carbocycles. The van der Waals surface area contributed by atoms with Crippen molar-refractivity contribution >= 4 is 18.3 Å². The average Bonchev–Trinajstić information content (AvgIpc) is 2.47. The van der Waals surface area contributed by atoms with Gasteiger partial charge in [0.25, 0.3) is 5.91 Å². The summed E-state index contributed by atoms with van der Waals surface area (Å²) in [5, 5.41) is 5.95. The van der Waals surface area contributed by atoms with Crippen molar-refractivity contribution in [2.45, 2.75) is 25.9 Å². The molecule has 1 saturated heterocycles. The monoisotopic (exact) mass is 352 g/mol. The fourth-order valence-corrected chi connectivity index (χ4v) is 2.53. The first kappa shape index (κ1) is 19.6. The number of carbonyl (C=O) groups excluding carboxylic acids is 1. The third-order valence-corrected chi connectivity index (χ3v) is 3.64. The summed E-state index contributed by atoms with van der Waals surface area (Å²) in [5.74, 6) is -1.23. The van der Waals surface area contributed by atoms with E-state index in [2.05, 4.69) is 15.4 Å². The molecule has 1 amide bonds. The van der Waals surface area contributed by atoms with Gasteiger partial charge in [-0.1, -0.05) is 0 Å². The third-order valence-electron chi connectivity index (χ3n) is 3.64. The smallest absolute Gasteiger partial charge is 0.387 e. The molecule has 1 atom stereocenters. The second-order valence-corrected chi connectivity index (χ2v) is 5.28. The number of nitrogens with one attached hydrogen (secondary N) is 2. The van der Waals surface area contributed by atoms with Crippen LogP contribution in [-0.2, 0) is 0 Å². The summed E-state index contributed by atoms with van der Waals surface area (Å²) in [5.41, 5.74) is -0.0940. The van der Waals surface area contributed by atoms with Crippen LogP contribution in [0.15, 0.2) is 18.2 Å². The Morgan fingerprint density at radius 1 is 1.43 bits per heavy atom. The number of halogens is 4. The van der Waals surface area contributed by atoms with Gasteiger partial charge in [0.15, 0.2) is 0 Å². The summed E-state index contributed by atoms with van der Waals surface area (Å²) in [6.07, 6.45) is 3.03. The first-order valence-corrected chi connectivity index (χ1v) is 7.29. The van der Waals surface area contributed by atoms with Gasteiger partial charge in [-0.3, -0.25) is 4.79 Å². The zero-order valence-corrected chi connectivity index (χ0v) is 13.3. The third kappa shape index (κ3) is 6.27. The van der Waals surface area contributed by atoms with E-state index in [1.807, 2.05) is 0 Å². The molecule has 1 unspecified atom stereocenters. The second-order valence-electron chi connectivity index (χ2n) is 5.28. The fourth-order valence-electron chi connectivity index (χ4n) is 2.53. The quantitative estimate of drug-likeness (QED) is 0.827. The molecule has 2 N–H and O–H groups in total. The van der Waals surface area contributed by atoms with Gasteiger partial charge in [0, 0.05) is 12.6 Å². The Morgan fingerprint density at radius 3 is 2.87 bits per heavy atom. The minimum Gasteiger partial charge on any atom is -0.434 e. The van der Waals surface area contributed by atoms with E-state index in [1.54, 1.807) is 0 Å². The highest BCUT2D eigenvalue weighted by molar-refractivity contribution is 5.96. The van der Waals surface area contributed by atoms with Crippen LogP contribution in [0.5, 0.6) is 5.75 Å². The van der Waals surface area contributed by atoms with Crippen molar-refractivity contribution in [2.75, 3.05) is 19.6 Å². The summed E-state index contributed by atoms with van der Waals surface area (Å²) < 4.78 is 41.9. The number of ether oxygens (including phenoxy) is 1. The zero-order valence-electron chi connectivity index (χ0n) is 12.5. The first-order chi connectivity index (χ1) is 10.6. The first-order valence-electron chi connectivity index (χ1n) is 7.29. The zero-order chi connectivity index (χ0) is 15.9. The Bertz CT molecular complexity index is 511. The number of hydrogen-bond donors (Lipinski definition) is 2. The lowest BCUT2D eigenvalue weighted by atomic mass is 9.96. The van der Waals surface area contributed by atoms with E-state index in [9.17, 15) is 18.0 Å². The van der Waals surface area contributed by atoms with Gasteiger partial charge in [0.05, 0.1) is 5.56 Å². The van der Waals surface area contributed by atoms with E-state index >= 15 is 0 Å². The van der Waals surface area contributed by atoms with E-state index < -0.39 is 24.1 Å². The molecule has 1 aliphatic rings. The van der Waals surface area contributed by atoms with Gasteiger partial charge in [-0.25, -0.2) is 4.39 Å². The summed E-state index contributed by atoms with van der Waals surface area (Å²) in [4.78, 5) is 12.0. The van der Waals surface area contributed by atoms with E-state index in [0.29, 0.717) is 12.5 Å². The lowest BCUT2D eigenvalue weighted by Crippen LogP contribution is -2.33. The highest BCUT2D eigenvalue weighted by atomic mass is 35.5. The number of benzene rings is 1. The number of carbonyl (C=O) groups is 1. The second kappa shape index (κ2) is 9.62. The molecule has 0 aromatic heterocycles. The lowest BCUT2D eigenvalue weighted by molar-refractivity contribution is -0.0503. The molecule has 1 heterocycles. The van der Waals surface area contributed by atoms with E-state index in [0.717, 1.165) is 50.6 Å². The van der Waals surface area contributed by atoms with Crippen LogP contribution in [0.1, 0.15) is 29.6 Å². The van der Waals surface area contributed by atoms with Crippen molar-refractivity contribution in [3.05, 3.63) is 29.6 Å². The SMILES string of the molecule is Cl.O=C(NCCC1CCCNC1)c1ccc(F)cc1OC(F)F. The maximum absolute atomic E-state index is 13.1. The molecule has 8 heteroatoms. The number of rotatable bonds is 6. The van der Waals surface area contributed by atoms with Crippen LogP contribution < -0.4 is 15.4 Å². The predicted octanol–water partition coefficient (Wildman–Crippen LogP) is 2.97. The number of amides is 1. The van der Waals surface area contributed by atoms with Crippen LogP contribution in [0.3, 0.4) is 0 Å². The van der Waals surface area contributed by atoms with E-state index in [1.165, 1.54) is 0 Å². The number of piperidine rings is 1. The highest BCUT2D eigenvalue weighted by Gasteiger charge is 2.18. The van der Waals surface area contributed by atoms with Crippen LogP contribution in [0.2, 0.25) is 0 Å². The summed E-state index contributed by atoms with van der Waals surface area (Å²) in [7, 11) is 0. The van der Waals surface area contributed by atoms with Crippen molar-refractivity contribution in [3.8, 4) is 5.75 Å². The largest absolute Gasteiger partial charge is 0.434 e. The lowest BCUT2D eigenvalue weighted by Gasteiger charge is -2.22. The molecule has 0 bridgehead atoms. The van der Waals surface area contributed by atoms with E-state index in [4.69, 9.17) is 0 Å². The number of hydrogen-bond acceptors (Lipinski definition) is 3. The Hall–Kier alpha value is -1.47. The van der Waals surface area contributed by atoms with E-state index in [-0.39, 0.29) is 18.0 Å². The maximum Gasteiger partial charge on any atom is 0.387 e. The van der Waals surface area contributed by atoms with Gasteiger partial charge in [0.2, 0.25) is 0 Å². The predicted molar refractivity (Wildman–Crippen MR) is 82.8 cm³/mol. The van der Waals surface area contributed by atoms with Crippen molar-refractivity contribution in [1.82, 2.24) is 10.6 Å². The molecule has 23 heavy (non-hydrogen) atoms. The standard InChI is InChI=1S/C15H19F3N2O2.ClH/c16-11-3-4-12(13(8-11)22-15(17)18)14(21)20-7-5-10-2-1-6-19-9-10;/h3-4,8,10,15,19H,1-2,5-7,9H2,(H,20,21);1H. The van der Waals surface area contributed by atoms with Gasteiger partial charge in [-0.05, 0) is 50.4 Å². The molecular formula is C15H20ClF3N2O2. The van der Waals surface area contributed by atoms with Gasteiger partial charge >= 0.3 is 6.61 Å². The van der Waals surface area contributed by atoms with Crippen LogP contribution in [-0.4, -0.2) is 32.2 Å².